The number of fused-ring (bicyclic) bond motifs is 6. The van der Waals surface area contributed by atoms with Crippen molar-refractivity contribution in [3.05, 3.63) is 101 Å². The minimum atomic E-state index is -3.55. The van der Waals surface area contributed by atoms with E-state index >= 15 is 0 Å². The Labute approximate surface area is 171 Å². The van der Waals surface area contributed by atoms with Crippen LogP contribution >= 0.6 is 0 Å². The smallest absolute Gasteiger partial charge is 0.207 e. The third-order valence-corrected chi connectivity index (χ3v) is 8.90. The van der Waals surface area contributed by atoms with Gasteiger partial charge in [0.25, 0.3) is 0 Å². The lowest BCUT2D eigenvalue weighted by molar-refractivity contribution is 0.331. The summed E-state index contributed by atoms with van der Waals surface area (Å²) in [5, 5.41) is 0. The van der Waals surface area contributed by atoms with E-state index in [-0.39, 0.29) is 11.5 Å². The minimum Gasteiger partial charge on any atom is -0.207 e. The molecule has 3 aliphatic rings. The van der Waals surface area contributed by atoms with Crippen LogP contribution in [0.3, 0.4) is 0 Å². The van der Waals surface area contributed by atoms with E-state index in [2.05, 4.69) is 48.5 Å². The Kier molecular flexibility index (Phi) is 3.37. The Bertz CT molecular complexity index is 1290. The molecule has 4 heteroatoms. The summed E-state index contributed by atoms with van der Waals surface area (Å²) >= 11 is 0. The summed E-state index contributed by atoms with van der Waals surface area (Å²) in [4.78, 5) is 0.424. The van der Waals surface area contributed by atoms with Crippen LogP contribution in [0.5, 0.6) is 0 Å². The Morgan fingerprint density at radius 2 is 1.45 bits per heavy atom. The van der Waals surface area contributed by atoms with Gasteiger partial charge in [-0.2, -0.15) is 4.31 Å². The highest BCUT2D eigenvalue weighted by molar-refractivity contribution is 7.89. The first-order valence-corrected chi connectivity index (χ1v) is 11.5. The van der Waals surface area contributed by atoms with Gasteiger partial charge in [0.05, 0.1) is 4.90 Å². The van der Waals surface area contributed by atoms with Gasteiger partial charge in [-0.1, -0.05) is 72.8 Å². The van der Waals surface area contributed by atoms with Gasteiger partial charge < -0.3 is 0 Å². The standard InChI is InChI=1S/C25H21NO2S/c1-26-25(15-16-25)24-19-12-6-5-11-18(19)22(17-9-3-2-4-10-17)23(24)20-13-7-8-14-21(20)29(26,27)28/h2-14,24H,15-16H2,1H3/t24-/m0/s1. The molecule has 29 heavy (non-hydrogen) atoms. The third kappa shape index (κ3) is 2.13. The van der Waals surface area contributed by atoms with E-state index in [0.29, 0.717) is 4.90 Å². The van der Waals surface area contributed by atoms with E-state index in [4.69, 9.17) is 0 Å². The van der Waals surface area contributed by atoms with E-state index in [1.165, 1.54) is 22.3 Å². The molecule has 0 bridgehead atoms. The van der Waals surface area contributed by atoms with E-state index in [9.17, 15) is 8.42 Å². The molecule has 0 saturated heterocycles. The van der Waals surface area contributed by atoms with Crippen molar-refractivity contribution in [3.63, 3.8) is 0 Å². The predicted octanol–water partition coefficient (Wildman–Crippen LogP) is 4.91. The van der Waals surface area contributed by atoms with Crippen molar-refractivity contribution in [2.75, 3.05) is 7.05 Å². The van der Waals surface area contributed by atoms with Gasteiger partial charge in [0.2, 0.25) is 10.0 Å². The van der Waals surface area contributed by atoms with Crippen molar-refractivity contribution < 1.29 is 8.42 Å². The zero-order chi connectivity index (χ0) is 19.8. The van der Waals surface area contributed by atoms with Crippen LogP contribution in [0.1, 0.15) is 41.0 Å². The molecular weight excluding hydrogens is 378 g/mol. The second kappa shape index (κ2) is 5.68. The second-order valence-corrected chi connectivity index (χ2v) is 10.2. The fraction of sp³-hybridized carbons (Fsp3) is 0.200. The van der Waals surface area contributed by atoms with E-state index in [1.807, 2.05) is 24.3 Å². The molecule has 1 atom stereocenters. The maximum atomic E-state index is 13.6. The fourth-order valence-electron chi connectivity index (χ4n) is 5.40. The van der Waals surface area contributed by atoms with E-state index in [1.54, 1.807) is 17.4 Å². The van der Waals surface area contributed by atoms with Crippen LogP contribution in [-0.2, 0) is 10.0 Å². The van der Waals surface area contributed by atoms with Crippen LogP contribution in [-0.4, -0.2) is 25.3 Å². The first-order chi connectivity index (χ1) is 14.1. The Balaban J connectivity index is 1.80. The van der Waals surface area contributed by atoms with Gasteiger partial charge in [0.15, 0.2) is 0 Å². The second-order valence-electron chi connectivity index (χ2n) is 8.25. The fourth-order valence-corrected chi connectivity index (χ4v) is 7.17. The van der Waals surface area contributed by atoms with Crippen molar-refractivity contribution in [2.24, 2.45) is 0 Å². The highest BCUT2D eigenvalue weighted by Crippen LogP contribution is 2.65. The SMILES string of the molecule is CN1C2(CC2)[C@@H]2C(=C(c3ccccc3)c3ccccc32)c2ccccc2S1(=O)=O. The molecule has 144 valence electrons. The molecule has 1 saturated carbocycles. The normalized spacial score (nSPS) is 23.3. The number of hydrogen-bond donors (Lipinski definition) is 0. The molecule has 0 aromatic heterocycles. The first kappa shape index (κ1) is 17.2. The minimum absolute atomic E-state index is 0.0531. The van der Waals surface area contributed by atoms with Gasteiger partial charge in [0, 0.05) is 18.5 Å². The van der Waals surface area contributed by atoms with E-state index in [0.717, 1.165) is 24.0 Å². The molecule has 0 N–H and O–H groups in total. The topological polar surface area (TPSA) is 37.4 Å². The van der Waals surface area contributed by atoms with Crippen molar-refractivity contribution >= 4 is 21.2 Å². The van der Waals surface area contributed by atoms with Crippen LogP contribution in [0.25, 0.3) is 11.1 Å². The number of hydrogen-bond acceptors (Lipinski definition) is 2. The summed E-state index contributed by atoms with van der Waals surface area (Å²) in [6.45, 7) is 0. The monoisotopic (exact) mass is 399 g/mol. The molecule has 0 radical (unpaired) electrons. The van der Waals surface area contributed by atoms with Gasteiger partial charge in [-0.25, -0.2) is 8.42 Å². The molecule has 0 unspecified atom stereocenters. The van der Waals surface area contributed by atoms with Crippen LogP contribution in [0.4, 0.5) is 0 Å². The summed E-state index contributed by atoms with van der Waals surface area (Å²) in [5.41, 5.74) is 6.44. The van der Waals surface area contributed by atoms with Crippen molar-refractivity contribution in [3.8, 4) is 0 Å². The summed E-state index contributed by atoms with van der Waals surface area (Å²) in [7, 11) is -1.78. The van der Waals surface area contributed by atoms with Crippen molar-refractivity contribution in [2.45, 2.75) is 29.2 Å². The summed E-state index contributed by atoms with van der Waals surface area (Å²) < 4.78 is 28.8. The van der Waals surface area contributed by atoms with Gasteiger partial charge >= 0.3 is 0 Å². The average Bonchev–Trinajstić information content (AvgIpc) is 3.48. The lowest BCUT2D eigenvalue weighted by Crippen LogP contribution is -2.41. The van der Waals surface area contributed by atoms with Crippen LogP contribution < -0.4 is 0 Å². The van der Waals surface area contributed by atoms with Gasteiger partial charge in [0.1, 0.15) is 0 Å². The molecule has 2 aliphatic carbocycles. The molecular formula is C25H21NO2S. The van der Waals surface area contributed by atoms with Crippen molar-refractivity contribution in [1.29, 1.82) is 0 Å². The number of likely N-dealkylation sites (N-methyl/N-ethyl adjacent to an activating group) is 1. The molecule has 1 spiro atoms. The zero-order valence-electron chi connectivity index (χ0n) is 16.2. The first-order valence-electron chi connectivity index (χ1n) is 10.0. The molecule has 0 amide bonds. The highest BCUT2D eigenvalue weighted by atomic mass is 32.2. The van der Waals surface area contributed by atoms with Gasteiger partial charge in [-0.15, -0.1) is 0 Å². The average molecular weight is 400 g/mol. The van der Waals surface area contributed by atoms with E-state index < -0.39 is 10.0 Å². The van der Waals surface area contributed by atoms with Crippen LogP contribution in [0, 0.1) is 0 Å². The Morgan fingerprint density at radius 1 is 0.828 bits per heavy atom. The van der Waals surface area contributed by atoms with Crippen LogP contribution in [0.2, 0.25) is 0 Å². The number of benzene rings is 3. The molecule has 3 nitrogen and oxygen atoms in total. The third-order valence-electron chi connectivity index (χ3n) is 6.90. The lowest BCUT2D eigenvalue weighted by atomic mass is 9.82. The predicted molar refractivity (Wildman–Crippen MR) is 115 cm³/mol. The summed E-state index contributed by atoms with van der Waals surface area (Å²) in [5.74, 6) is 0.0531. The molecule has 1 fully saturated rings. The molecule has 6 rings (SSSR count). The number of nitrogens with zero attached hydrogens (tertiary/aromatic N) is 1. The number of rotatable bonds is 1. The summed E-state index contributed by atoms with van der Waals surface area (Å²) in [6, 6.07) is 26.5. The van der Waals surface area contributed by atoms with Gasteiger partial charge in [-0.3, -0.25) is 0 Å². The quantitative estimate of drug-likeness (QED) is 0.583. The lowest BCUT2D eigenvalue weighted by Gasteiger charge is -2.31. The molecule has 1 aliphatic heterocycles. The Hall–Kier alpha value is -2.69. The maximum Gasteiger partial charge on any atom is 0.243 e. The molecule has 1 heterocycles. The Morgan fingerprint density at radius 3 is 2.17 bits per heavy atom. The largest absolute Gasteiger partial charge is 0.243 e. The zero-order valence-corrected chi connectivity index (χ0v) is 17.0. The van der Waals surface area contributed by atoms with Gasteiger partial charge in [-0.05, 0) is 52.3 Å². The maximum absolute atomic E-state index is 13.6. The van der Waals surface area contributed by atoms with Crippen LogP contribution in [0.15, 0.2) is 83.8 Å². The molecule has 3 aromatic rings. The number of sulfonamides is 1. The van der Waals surface area contributed by atoms with Crippen molar-refractivity contribution in [1.82, 2.24) is 4.31 Å². The summed E-state index contributed by atoms with van der Waals surface area (Å²) in [6.07, 6.45) is 1.78. The molecule has 3 aromatic carbocycles. The highest BCUT2D eigenvalue weighted by Gasteiger charge is 2.62.